The van der Waals surface area contributed by atoms with E-state index in [-0.39, 0.29) is 11.9 Å². The Bertz CT molecular complexity index is 538. The first kappa shape index (κ1) is 13.3. The molecule has 0 bridgehead atoms. The largest absolute Gasteiger partial charge is 0.469 e. The molecule has 2 rings (SSSR count). The number of halogens is 2. The van der Waals surface area contributed by atoms with E-state index in [1.165, 1.54) is 0 Å². The number of benzene rings is 1. The van der Waals surface area contributed by atoms with Crippen LogP contribution in [0.2, 0.25) is 0 Å². The van der Waals surface area contributed by atoms with E-state index in [9.17, 15) is 4.39 Å². The topological polar surface area (TPSA) is 25.2 Å². The Labute approximate surface area is 114 Å². The highest BCUT2D eigenvalue weighted by molar-refractivity contribution is 9.10. The standard InChI is InChI=1S/C14H15BrFNO/c1-3-17-14(10-7-8-18-9(10)2)11-5-4-6-12(15)13(11)16/h4-8,14,17H,3H2,1-2H3. The maximum absolute atomic E-state index is 14.2. The normalized spacial score (nSPS) is 12.7. The third kappa shape index (κ3) is 2.49. The average Bonchev–Trinajstić information content (AvgIpc) is 2.76. The second kappa shape index (κ2) is 5.67. The zero-order valence-corrected chi connectivity index (χ0v) is 11.9. The minimum atomic E-state index is -0.232. The molecule has 2 nitrogen and oxygen atoms in total. The summed E-state index contributed by atoms with van der Waals surface area (Å²) in [6.07, 6.45) is 1.63. The molecule has 0 aliphatic carbocycles. The molecule has 1 aromatic heterocycles. The lowest BCUT2D eigenvalue weighted by Gasteiger charge is -2.19. The van der Waals surface area contributed by atoms with Gasteiger partial charge < -0.3 is 9.73 Å². The summed E-state index contributed by atoms with van der Waals surface area (Å²) in [5.74, 6) is 0.573. The summed E-state index contributed by atoms with van der Waals surface area (Å²) in [6, 6.07) is 7.01. The predicted molar refractivity (Wildman–Crippen MR) is 73.1 cm³/mol. The maximum Gasteiger partial charge on any atom is 0.142 e. The fraction of sp³-hybridized carbons (Fsp3) is 0.286. The van der Waals surface area contributed by atoms with Crippen molar-refractivity contribution in [1.29, 1.82) is 0 Å². The van der Waals surface area contributed by atoms with Gasteiger partial charge in [0.05, 0.1) is 16.8 Å². The minimum Gasteiger partial charge on any atom is -0.469 e. The summed E-state index contributed by atoms with van der Waals surface area (Å²) in [5, 5.41) is 3.29. The lowest BCUT2D eigenvalue weighted by molar-refractivity contribution is 0.512. The van der Waals surface area contributed by atoms with Gasteiger partial charge in [0.1, 0.15) is 11.6 Å². The first-order valence-electron chi connectivity index (χ1n) is 5.86. The molecule has 0 amide bonds. The zero-order chi connectivity index (χ0) is 13.1. The molecular weight excluding hydrogens is 297 g/mol. The van der Waals surface area contributed by atoms with Gasteiger partial charge in [0.15, 0.2) is 0 Å². The van der Waals surface area contributed by atoms with Gasteiger partial charge in [-0.25, -0.2) is 4.39 Å². The van der Waals surface area contributed by atoms with Crippen LogP contribution < -0.4 is 5.32 Å². The number of hydrogen-bond acceptors (Lipinski definition) is 2. The monoisotopic (exact) mass is 311 g/mol. The molecule has 2 aromatic rings. The molecule has 18 heavy (non-hydrogen) atoms. The highest BCUT2D eigenvalue weighted by atomic mass is 79.9. The molecule has 0 aliphatic heterocycles. The van der Waals surface area contributed by atoms with Crippen LogP contribution in [0.1, 0.15) is 29.9 Å². The molecule has 0 aliphatic rings. The Hall–Kier alpha value is -1.13. The van der Waals surface area contributed by atoms with Gasteiger partial charge in [-0.2, -0.15) is 0 Å². The Morgan fingerprint density at radius 2 is 2.11 bits per heavy atom. The van der Waals surface area contributed by atoms with Crippen molar-refractivity contribution in [2.45, 2.75) is 19.9 Å². The molecule has 1 N–H and O–H groups in total. The van der Waals surface area contributed by atoms with Gasteiger partial charge in [-0.1, -0.05) is 19.1 Å². The Morgan fingerprint density at radius 1 is 1.33 bits per heavy atom. The molecule has 0 saturated carbocycles. The van der Waals surface area contributed by atoms with Gasteiger partial charge in [0, 0.05) is 11.1 Å². The summed E-state index contributed by atoms with van der Waals surface area (Å²) in [6.45, 7) is 4.63. The zero-order valence-electron chi connectivity index (χ0n) is 10.3. The van der Waals surface area contributed by atoms with Crippen molar-refractivity contribution < 1.29 is 8.81 Å². The summed E-state index contributed by atoms with van der Waals surface area (Å²) in [4.78, 5) is 0. The van der Waals surface area contributed by atoms with Crippen molar-refractivity contribution >= 4 is 15.9 Å². The average molecular weight is 312 g/mol. The molecule has 1 heterocycles. The van der Waals surface area contributed by atoms with Gasteiger partial charge >= 0.3 is 0 Å². The number of nitrogens with one attached hydrogen (secondary N) is 1. The SMILES string of the molecule is CCNC(c1ccoc1C)c1cccc(Br)c1F. The van der Waals surface area contributed by atoms with E-state index >= 15 is 0 Å². The molecule has 0 spiro atoms. The first-order chi connectivity index (χ1) is 8.65. The van der Waals surface area contributed by atoms with Gasteiger partial charge in [0.25, 0.3) is 0 Å². The van der Waals surface area contributed by atoms with E-state index in [2.05, 4.69) is 21.2 Å². The summed E-state index contributed by atoms with van der Waals surface area (Å²) >= 11 is 3.22. The fourth-order valence-corrected chi connectivity index (χ4v) is 2.41. The summed E-state index contributed by atoms with van der Waals surface area (Å²) in [5.41, 5.74) is 1.59. The van der Waals surface area contributed by atoms with Crippen LogP contribution in [0.4, 0.5) is 4.39 Å². The molecule has 0 saturated heterocycles. The van der Waals surface area contributed by atoms with Gasteiger partial charge in [-0.15, -0.1) is 0 Å². The van der Waals surface area contributed by atoms with Crippen molar-refractivity contribution in [2.24, 2.45) is 0 Å². The molecule has 0 fully saturated rings. The molecule has 1 unspecified atom stereocenters. The van der Waals surface area contributed by atoms with E-state index in [0.717, 1.165) is 17.9 Å². The van der Waals surface area contributed by atoms with E-state index in [0.29, 0.717) is 10.0 Å². The van der Waals surface area contributed by atoms with Crippen LogP contribution in [-0.2, 0) is 0 Å². The van der Waals surface area contributed by atoms with Crippen LogP contribution in [0, 0.1) is 12.7 Å². The Balaban J connectivity index is 2.48. The third-order valence-electron chi connectivity index (χ3n) is 2.91. The molecule has 1 aromatic carbocycles. The lowest BCUT2D eigenvalue weighted by atomic mass is 9.98. The van der Waals surface area contributed by atoms with Gasteiger partial charge in [-0.05, 0) is 41.5 Å². The summed E-state index contributed by atoms with van der Waals surface area (Å²) < 4.78 is 20.0. The molecule has 1 atom stereocenters. The fourth-order valence-electron chi connectivity index (χ4n) is 2.03. The Morgan fingerprint density at radius 3 is 2.72 bits per heavy atom. The van der Waals surface area contributed by atoms with Crippen molar-refractivity contribution in [1.82, 2.24) is 5.32 Å². The smallest absolute Gasteiger partial charge is 0.142 e. The lowest BCUT2D eigenvalue weighted by Crippen LogP contribution is -2.23. The molecular formula is C14H15BrFNO. The van der Waals surface area contributed by atoms with Crippen LogP contribution >= 0.6 is 15.9 Å². The van der Waals surface area contributed by atoms with Crippen molar-refractivity contribution in [2.75, 3.05) is 6.54 Å². The van der Waals surface area contributed by atoms with Crippen LogP contribution in [0.3, 0.4) is 0 Å². The van der Waals surface area contributed by atoms with Crippen LogP contribution in [-0.4, -0.2) is 6.54 Å². The van der Waals surface area contributed by atoms with Crippen molar-refractivity contribution in [3.63, 3.8) is 0 Å². The van der Waals surface area contributed by atoms with E-state index in [4.69, 9.17) is 4.42 Å². The summed E-state index contributed by atoms with van der Waals surface area (Å²) in [7, 11) is 0. The highest BCUT2D eigenvalue weighted by Gasteiger charge is 2.21. The maximum atomic E-state index is 14.2. The van der Waals surface area contributed by atoms with E-state index < -0.39 is 0 Å². The predicted octanol–water partition coefficient (Wildman–Crippen LogP) is 4.19. The Kier molecular flexibility index (Phi) is 4.19. The van der Waals surface area contributed by atoms with Gasteiger partial charge in [0.2, 0.25) is 0 Å². The highest BCUT2D eigenvalue weighted by Crippen LogP contribution is 2.30. The van der Waals surface area contributed by atoms with Crippen LogP contribution in [0.25, 0.3) is 0 Å². The molecule has 4 heteroatoms. The van der Waals surface area contributed by atoms with Crippen LogP contribution in [0.15, 0.2) is 39.4 Å². The number of hydrogen-bond donors (Lipinski definition) is 1. The third-order valence-corrected chi connectivity index (χ3v) is 3.52. The second-order valence-electron chi connectivity index (χ2n) is 4.07. The van der Waals surface area contributed by atoms with E-state index in [1.807, 2.05) is 26.0 Å². The van der Waals surface area contributed by atoms with Crippen molar-refractivity contribution in [3.8, 4) is 0 Å². The first-order valence-corrected chi connectivity index (χ1v) is 6.65. The minimum absolute atomic E-state index is 0.189. The van der Waals surface area contributed by atoms with Gasteiger partial charge in [-0.3, -0.25) is 0 Å². The molecule has 0 radical (unpaired) electrons. The van der Waals surface area contributed by atoms with E-state index in [1.54, 1.807) is 18.4 Å². The van der Waals surface area contributed by atoms with Crippen LogP contribution in [0.5, 0.6) is 0 Å². The van der Waals surface area contributed by atoms with Crippen molar-refractivity contribution in [3.05, 3.63) is 57.7 Å². The quantitative estimate of drug-likeness (QED) is 0.916. The molecule has 96 valence electrons. The number of furan rings is 1. The number of aryl methyl sites for hydroxylation is 1. The second-order valence-corrected chi connectivity index (χ2v) is 4.92. The number of rotatable bonds is 4.